The van der Waals surface area contributed by atoms with E-state index in [-0.39, 0.29) is 11.7 Å². The number of urea groups is 1. The highest BCUT2D eigenvalue weighted by Gasteiger charge is 2.37. The third-order valence-electron chi connectivity index (χ3n) is 4.45. The van der Waals surface area contributed by atoms with Crippen LogP contribution >= 0.6 is 0 Å². The Morgan fingerprint density at radius 1 is 1.03 bits per heavy atom. The van der Waals surface area contributed by atoms with Crippen LogP contribution in [0.2, 0.25) is 0 Å². The molecule has 0 spiro atoms. The van der Waals surface area contributed by atoms with Gasteiger partial charge in [0.15, 0.2) is 11.5 Å². The van der Waals surface area contributed by atoms with Crippen molar-refractivity contribution < 1.29 is 23.9 Å². The number of rotatable bonds is 5. The fourth-order valence-electron chi connectivity index (χ4n) is 3.30. The molecule has 7 nitrogen and oxygen atoms in total. The van der Waals surface area contributed by atoms with Gasteiger partial charge < -0.3 is 9.47 Å². The molecule has 1 aliphatic heterocycles. The second-order valence-corrected chi connectivity index (χ2v) is 7.35. The van der Waals surface area contributed by atoms with Crippen molar-refractivity contribution in [1.29, 1.82) is 0 Å². The summed E-state index contributed by atoms with van der Waals surface area (Å²) in [6, 6.07) is 9.77. The van der Waals surface area contributed by atoms with Crippen LogP contribution in [0.25, 0.3) is 6.08 Å². The van der Waals surface area contributed by atoms with E-state index in [1.165, 1.54) is 13.2 Å². The number of carbonyl (C=O) groups excluding carboxylic acids is 3. The van der Waals surface area contributed by atoms with Crippen molar-refractivity contribution in [3.8, 4) is 11.5 Å². The van der Waals surface area contributed by atoms with Crippen molar-refractivity contribution in [2.45, 2.75) is 33.8 Å². The quantitative estimate of drug-likeness (QED) is 0.601. The maximum absolute atomic E-state index is 13.2. The highest BCUT2D eigenvalue weighted by Crippen LogP contribution is 2.34. The van der Waals surface area contributed by atoms with Gasteiger partial charge in [0.1, 0.15) is 5.57 Å². The van der Waals surface area contributed by atoms with Crippen LogP contribution in [0.15, 0.2) is 42.0 Å². The number of nitrogens with one attached hydrogen (secondary N) is 1. The predicted octanol–water partition coefficient (Wildman–Crippen LogP) is 3.77. The number of benzene rings is 2. The summed E-state index contributed by atoms with van der Waals surface area (Å²) >= 11 is 0. The summed E-state index contributed by atoms with van der Waals surface area (Å²) in [5.74, 6) is -0.571. The number of imide groups is 2. The Hall–Kier alpha value is -3.61. The number of para-hydroxylation sites is 1. The minimum Gasteiger partial charge on any atom is -0.493 e. The largest absolute Gasteiger partial charge is 0.493 e. The number of aryl methyl sites for hydroxylation is 2. The van der Waals surface area contributed by atoms with Gasteiger partial charge in [0.05, 0.1) is 18.9 Å². The number of barbiturate groups is 1. The highest BCUT2D eigenvalue weighted by atomic mass is 16.5. The third kappa shape index (κ3) is 4.20. The molecule has 0 saturated carbocycles. The zero-order chi connectivity index (χ0) is 22.0. The lowest BCUT2D eigenvalue weighted by molar-refractivity contribution is -0.122. The van der Waals surface area contributed by atoms with E-state index in [9.17, 15) is 14.4 Å². The highest BCUT2D eigenvalue weighted by molar-refractivity contribution is 6.39. The fourth-order valence-corrected chi connectivity index (χ4v) is 3.30. The smallest absolute Gasteiger partial charge is 0.335 e. The van der Waals surface area contributed by atoms with E-state index < -0.39 is 17.8 Å². The second-order valence-electron chi connectivity index (χ2n) is 7.35. The number of hydrogen-bond donors (Lipinski definition) is 1. The van der Waals surface area contributed by atoms with Gasteiger partial charge in [-0.1, -0.05) is 18.2 Å². The SMILES string of the molecule is COc1cccc(/C=C2\C(=O)NC(=O)N(c3cc(C)cc(C)c3)C2=O)c1OC(C)C. The lowest BCUT2D eigenvalue weighted by atomic mass is 10.0. The molecule has 0 aliphatic carbocycles. The van der Waals surface area contributed by atoms with Gasteiger partial charge in [-0.05, 0) is 63.1 Å². The Labute approximate surface area is 175 Å². The van der Waals surface area contributed by atoms with Crippen LogP contribution < -0.4 is 19.7 Å². The molecule has 30 heavy (non-hydrogen) atoms. The maximum Gasteiger partial charge on any atom is 0.335 e. The molecule has 0 unspecified atom stereocenters. The second kappa shape index (κ2) is 8.41. The predicted molar refractivity (Wildman–Crippen MR) is 114 cm³/mol. The molecular weight excluding hydrogens is 384 g/mol. The molecule has 1 saturated heterocycles. The van der Waals surface area contributed by atoms with E-state index in [1.807, 2.05) is 33.8 Å². The van der Waals surface area contributed by atoms with Gasteiger partial charge in [-0.25, -0.2) is 9.69 Å². The summed E-state index contributed by atoms with van der Waals surface area (Å²) < 4.78 is 11.2. The topological polar surface area (TPSA) is 84.9 Å². The van der Waals surface area contributed by atoms with Crippen LogP contribution in [-0.2, 0) is 9.59 Å². The number of anilines is 1. The molecule has 4 amide bonds. The van der Waals surface area contributed by atoms with Crippen molar-refractivity contribution in [3.63, 3.8) is 0 Å². The van der Waals surface area contributed by atoms with E-state index in [0.717, 1.165) is 16.0 Å². The first-order chi connectivity index (χ1) is 14.2. The number of hydrogen-bond acceptors (Lipinski definition) is 5. The minimum absolute atomic E-state index is 0.150. The van der Waals surface area contributed by atoms with Gasteiger partial charge in [-0.2, -0.15) is 0 Å². The monoisotopic (exact) mass is 408 g/mol. The molecule has 3 rings (SSSR count). The standard InChI is InChI=1S/C23H24N2O5/c1-13(2)30-20-16(7-6-8-19(20)29-5)12-18-21(26)24-23(28)25(22(18)27)17-10-14(3)9-15(4)11-17/h6-13H,1-5H3,(H,24,26,28)/b18-12+. The van der Waals surface area contributed by atoms with Crippen LogP contribution in [0.3, 0.4) is 0 Å². The summed E-state index contributed by atoms with van der Waals surface area (Å²) in [6.45, 7) is 7.47. The van der Waals surface area contributed by atoms with Gasteiger partial charge in [-0.15, -0.1) is 0 Å². The average molecular weight is 408 g/mol. The summed E-state index contributed by atoms with van der Waals surface area (Å²) in [7, 11) is 1.51. The van der Waals surface area contributed by atoms with Crippen molar-refractivity contribution in [2.24, 2.45) is 0 Å². The lowest BCUT2D eigenvalue weighted by Gasteiger charge is -2.27. The Balaban J connectivity index is 2.09. The third-order valence-corrected chi connectivity index (χ3v) is 4.45. The zero-order valence-corrected chi connectivity index (χ0v) is 17.6. The Kier molecular flexibility index (Phi) is 5.91. The average Bonchev–Trinajstić information content (AvgIpc) is 2.64. The van der Waals surface area contributed by atoms with Crippen LogP contribution in [0.5, 0.6) is 11.5 Å². The first-order valence-electron chi connectivity index (χ1n) is 9.54. The van der Waals surface area contributed by atoms with E-state index >= 15 is 0 Å². The van der Waals surface area contributed by atoms with Crippen LogP contribution in [0, 0.1) is 13.8 Å². The molecule has 0 atom stereocenters. The van der Waals surface area contributed by atoms with Crippen LogP contribution in [-0.4, -0.2) is 31.1 Å². The van der Waals surface area contributed by atoms with Crippen LogP contribution in [0.4, 0.5) is 10.5 Å². The molecule has 0 aromatic heterocycles. The van der Waals surface area contributed by atoms with Crippen molar-refractivity contribution in [3.05, 3.63) is 58.7 Å². The maximum atomic E-state index is 13.2. The number of methoxy groups -OCH3 is 1. The molecule has 1 N–H and O–H groups in total. The molecule has 1 fully saturated rings. The van der Waals surface area contributed by atoms with Crippen molar-refractivity contribution >= 4 is 29.6 Å². The van der Waals surface area contributed by atoms with E-state index in [1.54, 1.807) is 30.3 Å². The molecule has 156 valence electrons. The van der Waals surface area contributed by atoms with E-state index in [0.29, 0.717) is 22.7 Å². The van der Waals surface area contributed by atoms with Gasteiger partial charge in [-0.3, -0.25) is 14.9 Å². The Morgan fingerprint density at radius 3 is 2.30 bits per heavy atom. The molecule has 2 aromatic carbocycles. The van der Waals surface area contributed by atoms with Gasteiger partial charge >= 0.3 is 6.03 Å². The Morgan fingerprint density at radius 2 is 1.70 bits per heavy atom. The van der Waals surface area contributed by atoms with Gasteiger partial charge in [0.2, 0.25) is 0 Å². The first-order valence-corrected chi connectivity index (χ1v) is 9.54. The number of amides is 4. The van der Waals surface area contributed by atoms with Gasteiger partial charge in [0.25, 0.3) is 11.8 Å². The molecule has 1 heterocycles. The summed E-state index contributed by atoms with van der Waals surface area (Å²) in [5.41, 5.74) is 2.52. The number of nitrogens with zero attached hydrogens (tertiary/aromatic N) is 1. The molecular formula is C23H24N2O5. The number of carbonyl (C=O) groups is 3. The van der Waals surface area contributed by atoms with E-state index in [4.69, 9.17) is 9.47 Å². The summed E-state index contributed by atoms with van der Waals surface area (Å²) in [6.07, 6.45) is 1.27. The van der Waals surface area contributed by atoms with E-state index in [2.05, 4.69) is 5.32 Å². The van der Waals surface area contributed by atoms with Crippen molar-refractivity contribution in [2.75, 3.05) is 12.0 Å². The lowest BCUT2D eigenvalue weighted by Crippen LogP contribution is -2.54. The molecule has 2 aromatic rings. The van der Waals surface area contributed by atoms with Gasteiger partial charge in [0, 0.05) is 5.56 Å². The molecule has 0 bridgehead atoms. The minimum atomic E-state index is -0.781. The molecule has 1 aliphatic rings. The summed E-state index contributed by atoms with van der Waals surface area (Å²) in [5, 5.41) is 2.24. The summed E-state index contributed by atoms with van der Waals surface area (Å²) in [4.78, 5) is 39.1. The normalized spacial score (nSPS) is 15.6. The zero-order valence-electron chi connectivity index (χ0n) is 17.6. The molecule has 0 radical (unpaired) electrons. The van der Waals surface area contributed by atoms with Crippen molar-refractivity contribution in [1.82, 2.24) is 5.32 Å². The molecule has 7 heteroatoms. The van der Waals surface area contributed by atoms with Crippen LogP contribution in [0.1, 0.15) is 30.5 Å². The fraction of sp³-hybridized carbons (Fsp3) is 0.261. The first kappa shape index (κ1) is 21.1. The Bertz CT molecular complexity index is 1040. The number of ether oxygens (including phenoxy) is 2.